The first-order chi connectivity index (χ1) is 14.4. The van der Waals surface area contributed by atoms with Crippen molar-refractivity contribution in [1.29, 1.82) is 0 Å². The molecule has 0 heterocycles. The third-order valence-corrected chi connectivity index (χ3v) is 5.57. The van der Waals surface area contributed by atoms with Gasteiger partial charge >= 0.3 is 0 Å². The molecule has 0 aliphatic rings. The fraction of sp³-hybridized carbons (Fsp3) is 0.741. The van der Waals surface area contributed by atoms with Gasteiger partial charge in [0.25, 0.3) is 0 Å². The van der Waals surface area contributed by atoms with E-state index in [0.29, 0.717) is 0 Å². The molecule has 1 rings (SSSR count). The highest BCUT2D eigenvalue weighted by Crippen LogP contribution is 2.14. The number of unbranched alkanes of at least 4 members (excludes halogenated alkanes) is 13. The van der Waals surface area contributed by atoms with E-state index in [2.05, 4.69) is 51.4 Å². The van der Waals surface area contributed by atoms with E-state index in [4.69, 9.17) is 9.90 Å². The third kappa shape index (κ3) is 21.4. The molecule has 0 N–H and O–H groups in total. The van der Waals surface area contributed by atoms with E-state index in [-0.39, 0.29) is 0 Å². The number of carboxylic acid groups (broad SMARTS) is 1. The van der Waals surface area contributed by atoms with Gasteiger partial charge in [0.15, 0.2) is 0 Å². The normalized spacial score (nSPS) is 11.1. The van der Waals surface area contributed by atoms with Crippen molar-refractivity contribution >= 4 is 5.97 Å². The van der Waals surface area contributed by atoms with Gasteiger partial charge in [-0.15, -0.1) is 0 Å². The Balaban J connectivity index is 0.00000192. The Morgan fingerprint density at radius 2 is 1.10 bits per heavy atom. The van der Waals surface area contributed by atoms with Crippen molar-refractivity contribution in [1.82, 2.24) is 0 Å². The Bertz CT molecular complexity index is 495. The molecule has 0 aliphatic heterocycles. The number of nitrogens with zero attached hydrogens (tertiary/aromatic N) is 1. The van der Waals surface area contributed by atoms with Crippen molar-refractivity contribution in [3.63, 3.8) is 0 Å². The number of hydrogen-bond donors (Lipinski definition) is 0. The van der Waals surface area contributed by atoms with Crippen molar-refractivity contribution in [2.75, 3.05) is 20.6 Å². The zero-order chi connectivity index (χ0) is 22.5. The summed E-state index contributed by atoms with van der Waals surface area (Å²) in [6.07, 6.45) is 20.2. The molecular formula is C27H49NO2. The highest BCUT2D eigenvalue weighted by molar-refractivity contribution is 5.60. The number of carboxylic acids is 1. The van der Waals surface area contributed by atoms with Crippen LogP contribution < -0.4 is 5.11 Å². The average molecular weight is 420 g/mol. The summed E-state index contributed by atoms with van der Waals surface area (Å²) in [4.78, 5) is 8.89. The maximum atomic E-state index is 8.89. The summed E-state index contributed by atoms with van der Waals surface area (Å²) < 4.78 is 1.11. The lowest BCUT2D eigenvalue weighted by Crippen LogP contribution is -2.39. The summed E-state index contributed by atoms with van der Waals surface area (Å²) in [5.41, 5.74) is 1.46. The van der Waals surface area contributed by atoms with Crippen molar-refractivity contribution < 1.29 is 14.4 Å². The summed E-state index contributed by atoms with van der Waals surface area (Å²) in [6, 6.07) is 10.9. The molecule has 1 aromatic rings. The van der Waals surface area contributed by atoms with E-state index < -0.39 is 5.97 Å². The lowest BCUT2D eigenvalue weighted by molar-refractivity contribution is -0.903. The van der Waals surface area contributed by atoms with Crippen LogP contribution >= 0.6 is 0 Å². The second kappa shape index (κ2) is 19.6. The summed E-state index contributed by atoms with van der Waals surface area (Å²) >= 11 is 0. The topological polar surface area (TPSA) is 40.1 Å². The van der Waals surface area contributed by atoms with Crippen LogP contribution in [0.2, 0.25) is 0 Å². The van der Waals surface area contributed by atoms with E-state index in [1.807, 2.05) is 0 Å². The molecule has 0 radical (unpaired) electrons. The minimum atomic E-state index is -1.08. The Morgan fingerprint density at radius 1 is 0.733 bits per heavy atom. The quantitative estimate of drug-likeness (QED) is 0.213. The molecular weight excluding hydrogens is 370 g/mol. The SMILES string of the molecule is CC(=O)[O-].CCCCCCCCCCCCCCCC[N+](C)(C)Cc1ccccc1. The van der Waals surface area contributed by atoms with E-state index in [0.717, 1.165) is 18.0 Å². The Hall–Kier alpha value is -1.35. The van der Waals surface area contributed by atoms with Gasteiger partial charge in [0, 0.05) is 11.5 Å². The van der Waals surface area contributed by atoms with Crippen molar-refractivity contribution in [3.05, 3.63) is 35.9 Å². The monoisotopic (exact) mass is 419 g/mol. The molecule has 0 aliphatic carbocycles. The first-order valence-corrected chi connectivity index (χ1v) is 12.4. The summed E-state index contributed by atoms with van der Waals surface area (Å²) in [5, 5.41) is 8.89. The summed E-state index contributed by atoms with van der Waals surface area (Å²) in [7, 11) is 4.74. The van der Waals surface area contributed by atoms with Crippen molar-refractivity contribution in [3.8, 4) is 0 Å². The van der Waals surface area contributed by atoms with Gasteiger partial charge in [-0.2, -0.15) is 0 Å². The molecule has 3 heteroatoms. The van der Waals surface area contributed by atoms with Crippen LogP contribution in [0.5, 0.6) is 0 Å². The molecule has 0 saturated heterocycles. The molecule has 3 nitrogen and oxygen atoms in total. The average Bonchev–Trinajstić information content (AvgIpc) is 2.68. The highest BCUT2D eigenvalue weighted by atomic mass is 16.4. The van der Waals surface area contributed by atoms with Gasteiger partial charge in [-0.25, -0.2) is 0 Å². The molecule has 0 aromatic heterocycles. The van der Waals surface area contributed by atoms with Gasteiger partial charge in [0.05, 0.1) is 20.6 Å². The fourth-order valence-electron chi connectivity index (χ4n) is 3.89. The molecule has 0 amide bonds. The van der Waals surface area contributed by atoms with Crippen LogP contribution in [0.25, 0.3) is 0 Å². The number of benzene rings is 1. The van der Waals surface area contributed by atoms with Gasteiger partial charge in [-0.3, -0.25) is 0 Å². The van der Waals surface area contributed by atoms with Crippen LogP contribution in [0, 0.1) is 0 Å². The number of aliphatic carboxylic acids is 1. The molecule has 0 spiro atoms. The molecule has 0 atom stereocenters. The lowest BCUT2D eigenvalue weighted by Gasteiger charge is -2.30. The Labute approximate surface area is 187 Å². The van der Waals surface area contributed by atoms with Crippen LogP contribution in [0.4, 0.5) is 0 Å². The minimum absolute atomic E-state index is 0.972. The van der Waals surface area contributed by atoms with E-state index >= 15 is 0 Å². The number of hydrogen-bond acceptors (Lipinski definition) is 2. The van der Waals surface area contributed by atoms with Crippen molar-refractivity contribution in [2.24, 2.45) is 0 Å². The first-order valence-electron chi connectivity index (χ1n) is 12.4. The van der Waals surface area contributed by atoms with Gasteiger partial charge in [-0.1, -0.05) is 114 Å². The van der Waals surface area contributed by atoms with Crippen LogP contribution in [-0.4, -0.2) is 31.1 Å². The largest absolute Gasteiger partial charge is 0.550 e. The van der Waals surface area contributed by atoms with Gasteiger partial charge in [0.2, 0.25) is 0 Å². The number of quaternary nitrogens is 1. The second-order valence-electron chi connectivity index (χ2n) is 9.39. The fourth-order valence-corrected chi connectivity index (χ4v) is 3.89. The molecule has 1 aromatic carbocycles. The third-order valence-electron chi connectivity index (χ3n) is 5.57. The standard InChI is InChI=1S/C25H46N.C2H4O2/c1-4-5-6-7-8-9-10-11-12-13-14-15-16-20-23-26(2,3)24-25-21-18-17-19-22-25;1-2(3)4/h17-19,21-22H,4-16,20,23-24H2,1-3H3;1H3,(H,3,4)/q+1;/p-1. The van der Waals surface area contributed by atoms with Crippen LogP contribution in [-0.2, 0) is 11.3 Å². The summed E-state index contributed by atoms with van der Waals surface area (Å²) in [5.74, 6) is -1.08. The predicted molar refractivity (Wildman–Crippen MR) is 128 cm³/mol. The molecule has 0 unspecified atom stereocenters. The molecule has 0 saturated carbocycles. The molecule has 0 fully saturated rings. The number of rotatable bonds is 17. The molecule has 174 valence electrons. The van der Waals surface area contributed by atoms with Crippen molar-refractivity contribution in [2.45, 2.75) is 110 Å². The first kappa shape index (κ1) is 28.6. The van der Waals surface area contributed by atoms with E-state index in [1.54, 1.807) is 0 Å². The highest BCUT2D eigenvalue weighted by Gasteiger charge is 2.14. The Morgan fingerprint density at radius 3 is 1.50 bits per heavy atom. The zero-order valence-corrected chi connectivity index (χ0v) is 20.5. The van der Waals surface area contributed by atoms with E-state index in [9.17, 15) is 0 Å². The number of carbonyl (C=O) groups is 1. The van der Waals surface area contributed by atoms with Gasteiger partial charge in [0.1, 0.15) is 6.54 Å². The summed E-state index contributed by atoms with van der Waals surface area (Å²) in [6.45, 7) is 5.72. The van der Waals surface area contributed by atoms with Crippen LogP contribution in [0.3, 0.4) is 0 Å². The Kier molecular flexibility index (Phi) is 18.7. The lowest BCUT2D eigenvalue weighted by atomic mass is 10.0. The number of carbonyl (C=O) groups excluding carboxylic acids is 1. The van der Waals surface area contributed by atoms with E-state index in [1.165, 1.54) is 102 Å². The van der Waals surface area contributed by atoms with Gasteiger partial charge in [-0.05, 0) is 19.8 Å². The second-order valence-corrected chi connectivity index (χ2v) is 9.39. The maximum Gasteiger partial charge on any atom is 0.104 e. The van der Waals surface area contributed by atoms with Crippen LogP contribution in [0.1, 0.15) is 109 Å². The molecule has 0 bridgehead atoms. The van der Waals surface area contributed by atoms with Crippen LogP contribution in [0.15, 0.2) is 30.3 Å². The van der Waals surface area contributed by atoms with Gasteiger partial charge < -0.3 is 14.4 Å². The predicted octanol–water partition coefficient (Wildman–Crippen LogP) is 6.50. The zero-order valence-electron chi connectivity index (χ0n) is 20.5. The smallest absolute Gasteiger partial charge is 0.104 e. The maximum absolute atomic E-state index is 8.89. The molecule has 30 heavy (non-hydrogen) atoms. The minimum Gasteiger partial charge on any atom is -0.550 e.